The van der Waals surface area contributed by atoms with E-state index in [1.807, 2.05) is 0 Å². The predicted molar refractivity (Wildman–Crippen MR) is 62.5 cm³/mol. The Hall–Kier alpha value is -1.85. The van der Waals surface area contributed by atoms with E-state index >= 15 is 0 Å². The van der Waals surface area contributed by atoms with Crippen LogP contribution in [0.1, 0.15) is 11.9 Å². The molecule has 0 saturated heterocycles. The van der Waals surface area contributed by atoms with E-state index in [9.17, 15) is 5.11 Å². The molecule has 0 fully saturated rings. The molecular weight excluding hydrogens is 242 g/mol. The van der Waals surface area contributed by atoms with Crippen LogP contribution in [0.2, 0.25) is 5.02 Å². The first-order chi connectivity index (χ1) is 8.15. The number of hydrogen-bond acceptors (Lipinski definition) is 5. The molecule has 0 spiro atoms. The van der Waals surface area contributed by atoms with E-state index < -0.39 is 6.29 Å². The van der Waals surface area contributed by atoms with Gasteiger partial charge in [0.1, 0.15) is 5.75 Å². The van der Waals surface area contributed by atoms with E-state index in [0.29, 0.717) is 27.6 Å². The van der Waals surface area contributed by atoms with Crippen molar-refractivity contribution in [3.05, 3.63) is 35.0 Å². The average Bonchev–Trinajstić information content (AvgIpc) is 2.30. The molecule has 3 N–H and O–H groups in total. The van der Waals surface area contributed by atoms with Gasteiger partial charge in [-0.05, 0) is 18.2 Å². The summed E-state index contributed by atoms with van der Waals surface area (Å²) in [5, 5.41) is 10.4. The Morgan fingerprint density at radius 3 is 3.06 bits per heavy atom. The number of nitrogens with zero attached hydrogens (tertiary/aromatic N) is 2. The molecule has 2 heterocycles. The number of fused-ring (bicyclic) bond motifs is 3. The molecule has 1 unspecified atom stereocenters. The Balaban J connectivity index is 2.30. The summed E-state index contributed by atoms with van der Waals surface area (Å²) in [7, 11) is 0. The van der Waals surface area contributed by atoms with Gasteiger partial charge in [0, 0.05) is 16.8 Å². The minimum Gasteiger partial charge on any atom is -0.460 e. The van der Waals surface area contributed by atoms with Crippen LogP contribution in [0, 0.1) is 0 Å². The molecule has 0 saturated carbocycles. The molecule has 17 heavy (non-hydrogen) atoms. The van der Waals surface area contributed by atoms with E-state index in [-0.39, 0.29) is 5.95 Å². The third kappa shape index (κ3) is 1.60. The van der Waals surface area contributed by atoms with Gasteiger partial charge in [-0.1, -0.05) is 11.6 Å². The fraction of sp³-hybridized carbons (Fsp3) is 0.0909. The van der Waals surface area contributed by atoms with Gasteiger partial charge >= 0.3 is 0 Å². The van der Waals surface area contributed by atoms with E-state index in [0.717, 1.165) is 0 Å². The standard InChI is InChI=1S/C11H8ClN3O2/c12-5-1-2-8-6(3-5)9-7(10(16)17-8)4-14-11(13)15-9/h1-4,10,16H,(H2,13,14,15). The summed E-state index contributed by atoms with van der Waals surface area (Å²) in [6.45, 7) is 0. The molecule has 2 aromatic rings. The molecule has 1 atom stereocenters. The zero-order chi connectivity index (χ0) is 12.0. The highest BCUT2D eigenvalue weighted by molar-refractivity contribution is 6.31. The summed E-state index contributed by atoms with van der Waals surface area (Å²) in [6.07, 6.45) is 0.367. The van der Waals surface area contributed by atoms with E-state index in [1.54, 1.807) is 18.2 Å². The van der Waals surface area contributed by atoms with Gasteiger partial charge in [-0.2, -0.15) is 0 Å². The van der Waals surface area contributed by atoms with Crippen molar-refractivity contribution in [1.29, 1.82) is 0 Å². The lowest BCUT2D eigenvalue weighted by Gasteiger charge is -2.24. The molecule has 1 aromatic carbocycles. The first-order valence-electron chi connectivity index (χ1n) is 4.92. The lowest BCUT2D eigenvalue weighted by Crippen LogP contribution is -2.15. The Morgan fingerprint density at radius 2 is 2.24 bits per heavy atom. The van der Waals surface area contributed by atoms with Crippen molar-refractivity contribution in [2.24, 2.45) is 0 Å². The van der Waals surface area contributed by atoms with Crippen LogP contribution in [0.25, 0.3) is 11.3 Å². The summed E-state index contributed by atoms with van der Waals surface area (Å²) in [6, 6.07) is 5.08. The van der Waals surface area contributed by atoms with Crippen LogP contribution in [-0.2, 0) is 0 Å². The highest BCUT2D eigenvalue weighted by atomic mass is 35.5. The predicted octanol–water partition coefficient (Wildman–Crippen LogP) is 1.76. The quantitative estimate of drug-likeness (QED) is 0.744. The number of hydrogen-bond donors (Lipinski definition) is 2. The largest absolute Gasteiger partial charge is 0.460 e. The van der Waals surface area contributed by atoms with Gasteiger partial charge in [-0.15, -0.1) is 0 Å². The Morgan fingerprint density at radius 1 is 1.41 bits per heavy atom. The Bertz CT molecular complexity index is 603. The fourth-order valence-electron chi connectivity index (χ4n) is 1.78. The van der Waals surface area contributed by atoms with Crippen LogP contribution in [0.15, 0.2) is 24.4 Å². The minimum absolute atomic E-state index is 0.142. The van der Waals surface area contributed by atoms with Crippen molar-refractivity contribution >= 4 is 17.5 Å². The summed E-state index contributed by atoms with van der Waals surface area (Å²) in [5.41, 5.74) is 7.28. The molecule has 0 bridgehead atoms. The smallest absolute Gasteiger partial charge is 0.227 e. The van der Waals surface area contributed by atoms with Gasteiger partial charge in [0.15, 0.2) is 0 Å². The molecule has 5 nitrogen and oxygen atoms in total. The number of aliphatic hydroxyl groups excluding tert-OH is 1. The first kappa shape index (κ1) is 10.3. The van der Waals surface area contributed by atoms with Crippen molar-refractivity contribution in [3.63, 3.8) is 0 Å². The van der Waals surface area contributed by atoms with Crippen LogP contribution < -0.4 is 10.5 Å². The number of aromatic nitrogens is 2. The number of nitrogens with two attached hydrogens (primary N) is 1. The number of aliphatic hydroxyl groups is 1. The van der Waals surface area contributed by atoms with Crippen LogP contribution >= 0.6 is 11.6 Å². The third-order valence-electron chi connectivity index (χ3n) is 2.54. The maximum Gasteiger partial charge on any atom is 0.227 e. The summed E-state index contributed by atoms with van der Waals surface area (Å²) >= 11 is 5.93. The first-order valence-corrected chi connectivity index (χ1v) is 5.30. The third-order valence-corrected chi connectivity index (χ3v) is 2.77. The van der Waals surface area contributed by atoms with Crippen molar-refractivity contribution in [2.45, 2.75) is 6.29 Å². The molecule has 1 aliphatic heterocycles. The lowest BCUT2D eigenvalue weighted by atomic mass is 10.0. The SMILES string of the molecule is Nc1ncc2c(n1)-c1cc(Cl)ccc1OC2O. The van der Waals surface area contributed by atoms with Crippen molar-refractivity contribution in [2.75, 3.05) is 5.73 Å². The van der Waals surface area contributed by atoms with Gasteiger partial charge in [0.25, 0.3) is 0 Å². The number of nitrogen functional groups attached to an aromatic ring is 1. The van der Waals surface area contributed by atoms with E-state index in [2.05, 4.69) is 9.97 Å². The lowest BCUT2D eigenvalue weighted by molar-refractivity contribution is -0.0218. The number of halogens is 1. The van der Waals surface area contributed by atoms with Crippen molar-refractivity contribution < 1.29 is 9.84 Å². The molecule has 86 valence electrons. The summed E-state index contributed by atoms with van der Waals surface area (Å²) < 4.78 is 5.33. The second kappa shape index (κ2) is 3.58. The van der Waals surface area contributed by atoms with E-state index in [1.165, 1.54) is 6.20 Å². The summed E-state index contributed by atoms with van der Waals surface area (Å²) in [4.78, 5) is 7.95. The van der Waals surface area contributed by atoms with Gasteiger partial charge in [0.2, 0.25) is 12.2 Å². The molecule has 0 amide bonds. The van der Waals surface area contributed by atoms with Gasteiger partial charge in [0.05, 0.1) is 11.3 Å². The van der Waals surface area contributed by atoms with Gasteiger partial charge in [-0.25, -0.2) is 9.97 Å². The van der Waals surface area contributed by atoms with Crippen molar-refractivity contribution in [3.8, 4) is 17.0 Å². The number of rotatable bonds is 0. The Kier molecular flexibility index (Phi) is 2.17. The molecule has 1 aromatic heterocycles. The van der Waals surface area contributed by atoms with Crippen LogP contribution in [0.3, 0.4) is 0 Å². The molecule has 6 heteroatoms. The molecule has 0 radical (unpaired) electrons. The van der Waals surface area contributed by atoms with E-state index in [4.69, 9.17) is 22.1 Å². The molecule has 1 aliphatic rings. The monoisotopic (exact) mass is 249 g/mol. The molecular formula is C11H8ClN3O2. The number of ether oxygens (including phenoxy) is 1. The van der Waals surface area contributed by atoms with Gasteiger partial charge in [-0.3, -0.25) is 0 Å². The van der Waals surface area contributed by atoms with Gasteiger partial charge < -0.3 is 15.6 Å². The normalized spacial score (nSPS) is 16.9. The highest BCUT2D eigenvalue weighted by Crippen LogP contribution is 2.41. The molecule has 3 rings (SSSR count). The number of anilines is 1. The van der Waals surface area contributed by atoms with Crippen LogP contribution in [0.5, 0.6) is 5.75 Å². The topological polar surface area (TPSA) is 81.3 Å². The Labute approximate surface area is 102 Å². The zero-order valence-corrected chi connectivity index (χ0v) is 9.35. The second-order valence-corrected chi connectivity index (χ2v) is 4.08. The average molecular weight is 250 g/mol. The summed E-state index contributed by atoms with van der Waals surface area (Å²) in [5.74, 6) is 0.663. The zero-order valence-electron chi connectivity index (χ0n) is 8.59. The fourth-order valence-corrected chi connectivity index (χ4v) is 1.95. The maximum absolute atomic E-state index is 9.79. The highest BCUT2D eigenvalue weighted by Gasteiger charge is 2.26. The molecule has 0 aliphatic carbocycles. The van der Waals surface area contributed by atoms with Crippen molar-refractivity contribution in [1.82, 2.24) is 9.97 Å². The maximum atomic E-state index is 9.79. The second-order valence-electron chi connectivity index (χ2n) is 3.64. The number of benzene rings is 1. The van der Waals surface area contributed by atoms with Crippen LogP contribution in [0.4, 0.5) is 5.95 Å². The van der Waals surface area contributed by atoms with Crippen LogP contribution in [-0.4, -0.2) is 15.1 Å². The minimum atomic E-state index is -1.08.